The predicted molar refractivity (Wildman–Crippen MR) is 85.7 cm³/mol. The standard InChI is InChI=1S/C14H16N2O4S2/c1-9-4-5-12(16(17)18)6-13(9)11(3)22(19,20)8-14-15-10(2)7-21-14/h4-7,11H,8H2,1-3H3/t11-/m1/s1. The van der Waals surface area contributed by atoms with Crippen molar-refractivity contribution in [2.75, 3.05) is 0 Å². The van der Waals surface area contributed by atoms with Crippen LogP contribution in [0.4, 0.5) is 5.69 Å². The van der Waals surface area contributed by atoms with Gasteiger partial charge in [-0.05, 0) is 31.9 Å². The molecule has 118 valence electrons. The zero-order valence-corrected chi connectivity index (χ0v) is 14.1. The number of non-ortho nitro benzene ring substituents is 1. The first kappa shape index (κ1) is 16.6. The van der Waals surface area contributed by atoms with Gasteiger partial charge in [0, 0.05) is 23.2 Å². The average Bonchev–Trinajstić information content (AvgIpc) is 2.82. The van der Waals surface area contributed by atoms with E-state index in [0.717, 1.165) is 11.3 Å². The van der Waals surface area contributed by atoms with Gasteiger partial charge in [0.15, 0.2) is 9.84 Å². The van der Waals surface area contributed by atoms with Crippen LogP contribution >= 0.6 is 11.3 Å². The molecule has 0 radical (unpaired) electrons. The van der Waals surface area contributed by atoms with Crippen LogP contribution in [0.25, 0.3) is 0 Å². The van der Waals surface area contributed by atoms with E-state index in [-0.39, 0.29) is 11.4 Å². The number of nitrogens with zero attached hydrogens (tertiary/aromatic N) is 2. The molecule has 8 heteroatoms. The maximum atomic E-state index is 12.5. The molecule has 6 nitrogen and oxygen atoms in total. The third kappa shape index (κ3) is 3.50. The number of aryl methyl sites for hydroxylation is 2. The van der Waals surface area contributed by atoms with Crippen molar-refractivity contribution >= 4 is 26.9 Å². The van der Waals surface area contributed by atoms with Crippen LogP contribution in [0.2, 0.25) is 0 Å². The highest BCUT2D eigenvalue weighted by Crippen LogP contribution is 2.30. The van der Waals surface area contributed by atoms with E-state index in [0.29, 0.717) is 10.6 Å². The molecule has 2 aromatic rings. The summed E-state index contributed by atoms with van der Waals surface area (Å²) in [6.45, 7) is 5.11. The fourth-order valence-corrected chi connectivity index (χ4v) is 4.76. The summed E-state index contributed by atoms with van der Waals surface area (Å²) in [6.07, 6.45) is 0. The van der Waals surface area contributed by atoms with Gasteiger partial charge in [-0.25, -0.2) is 13.4 Å². The molecule has 0 saturated carbocycles. The molecule has 0 saturated heterocycles. The molecule has 1 aromatic carbocycles. The Kier molecular flexibility index (Phi) is 4.62. The third-order valence-electron chi connectivity index (χ3n) is 3.44. The molecule has 22 heavy (non-hydrogen) atoms. The monoisotopic (exact) mass is 340 g/mol. The van der Waals surface area contributed by atoms with E-state index in [9.17, 15) is 18.5 Å². The number of nitro groups is 1. The van der Waals surface area contributed by atoms with Gasteiger partial charge in [0.1, 0.15) is 10.8 Å². The Morgan fingerprint density at radius 1 is 1.36 bits per heavy atom. The molecule has 0 fully saturated rings. The molecule has 0 N–H and O–H groups in total. The van der Waals surface area contributed by atoms with Gasteiger partial charge in [-0.2, -0.15) is 0 Å². The molecule has 0 amide bonds. The highest BCUT2D eigenvalue weighted by Gasteiger charge is 2.27. The van der Waals surface area contributed by atoms with E-state index in [1.54, 1.807) is 32.2 Å². The van der Waals surface area contributed by atoms with Crippen LogP contribution < -0.4 is 0 Å². The lowest BCUT2D eigenvalue weighted by atomic mass is 10.1. The van der Waals surface area contributed by atoms with Crippen molar-refractivity contribution in [3.8, 4) is 0 Å². The first-order valence-corrected chi connectivity index (χ1v) is 9.17. The summed E-state index contributed by atoms with van der Waals surface area (Å²) in [5.74, 6) is -0.158. The minimum Gasteiger partial charge on any atom is -0.258 e. The second-order valence-corrected chi connectivity index (χ2v) is 8.39. The number of aromatic nitrogens is 1. The van der Waals surface area contributed by atoms with Crippen LogP contribution in [-0.4, -0.2) is 18.3 Å². The van der Waals surface area contributed by atoms with Gasteiger partial charge in [-0.3, -0.25) is 10.1 Å². The molecular weight excluding hydrogens is 324 g/mol. The number of sulfone groups is 1. The van der Waals surface area contributed by atoms with Crippen molar-refractivity contribution in [2.24, 2.45) is 0 Å². The number of thiazole rings is 1. The number of rotatable bonds is 5. The van der Waals surface area contributed by atoms with Crippen molar-refractivity contribution in [1.82, 2.24) is 4.98 Å². The van der Waals surface area contributed by atoms with E-state index < -0.39 is 20.0 Å². The Labute approximate surface area is 132 Å². The Bertz CT molecular complexity index is 812. The highest BCUT2D eigenvalue weighted by molar-refractivity contribution is 7.91. The quantitative estimate of drug-likeness (QED) is 0.615. The summed E-state index contributed by atoms with van der Waals surface area (Å²) in [4.78, 5) is 14.5. The lowest BCUT2D eigenvalue weighted by molar-refractivity contribution is -0.384. The van der Waals surface area contributed by atoms with Crippen LogP contribution in [-0.2, 0) is 15.6 Å². The van der Waals surface area contributed by atoms with Gasteiger partial charge in [-0.1, -0.05) is 6.07 Å². The molecule has 0 unspecified atom stereocenters. The second-order valence-electron chi connectivity index (χ2n) is 5.13. The van der Waals surface area contributed by atoms with Crippen LogP contribution in [0.3, 0.4) is 0 Å². The van der Waals surface area contributed by atoms with Crippen molar-refractivity contribution in [3.05, 3.63) is 55.5 Å². The van der Waals surface area contributed by atoms with Crippen LogP contribution in [0.15, 0.2) is 23.6 Å². The Morgan fingerprint density at radius 2 is 2.05 bits per heavy atom. The number of nitro benzene ring substituents is 1. The maximum absolute atomic E-state index is 12.5. The normalized spacial score (nSPS) is 13.0. The number of benzene rings is 1. The van der Waals surface area contributed by atoms with E-state index in [1.165, 1.54) is 23.5 Å². The van der Waals surface area contributed by atoms with Crippen LogP contribution in [0.5, 0.6) is 0 Å². The van der Waals surface area contributed by atoms with Gasteiger partial charge in [-0.15, -0.1) is 11.3 Å². The van der Waals surface area contributed by atoms with Gasteiger partial charge in [0.2, 0.25) is 0 Å². The molecule has 1 atom stereocenters. The van der Waals surface area contributed by atoms with Gasteiger partial charge >= 0.3 is 0 Å². The summed E-state index contributed by atoms with van der Waals surface area (Å²) in [5, 5.41) is 12.4. The lowest BCUT2D eigenvalue weighted by Gasteiger charge is -2.14. The SMILES string of the molecule is Cc1csc(CS(=O)(=O)[C@H](C)c2cc([N+](=O)[O-])ccc2C)n1. The van der Waals surface area contributed by atoms with Crippen LogP contribution in [0, 0.1) is 24.0 Å². The van der Waals surface area contributed by atoms with Crippen molar-refractivity contribution < 1.29 is 13.3 Å². The Morgan fingerprint density at radius 3 is 2.59 bits per heavy atom. The smallest absolute Gasteiger partial charge is 0.258 e. The first-order chi connectivity index (χ1) is 10.2. The molecule has 1 aromatic heterocycles. The van der Waals surface area contributed by atoms with Gasteiger partial charge < -0.3 is 0 Å². The first-order valence-electron chi connectivity index (χ1n) is 6.58. The second kappa shape index (κ2) is 6.13. The summed E-state index contributed by atoms with van der Waals surface area (Å²) in [5.41, 5.74) is 1.86. The molecule has 0 aliphatic heterocycles. The molecule has 2 rings (SSSR count). The molecular formula is C14H16N2O4S2. The van der Waals surface area contributed by atoms with E-state index in [4.69, 9.17) is 0 Å². The van der Waals surface area contributed by atoms with Crippen LogP contribution in [0.1, 0.15) is 34.0 Å². The molecule has 0 aliphatic carbocycles. The summed E-state index contributed by atoms with van der Waals surface area (Å²) < 4.78 is 25.1. The fraction of sp³-hybridized carbons (Fsp3) is 0.357. The lowest BCUT2D eigenvalue weighted by Crippen LogP contribution is -2.14. The van der Waals surface area contributed by atoms with Gasteiger partial charge in [0.05, 0.1) is 10.2 Å². The molecule has 0 aliphatic rings. The minimum atomic E-state index is -3.49. The zero-order chi connectivity index (χ0) is 16.5. The van der Waals surface area contributed by atoms with E-state index >= 15 is 0 Å². The predicted octanol–water partition coefficient (Wildman–Crippen LogP) is 3.34. The number of hydrogen-bond donors (Lipinski definition) is 0. The molecule has 0 bridgehead atoms. The third-order valence-corrected chi connectivity index (χ3v) is 6.60. The van der Waals surface area contributed by atoms with Gasteiger partial charge in [0.25, 0.3) is 5.69 Å². The molecule has 0 spiro atoms. The van der Waals surface area contributed by atoms with E-state index in [1.807, 2.05) is 0 Å². The summed E-state index contributed by atoms with van der Waals surface area (Å²) >= 11 is 1.30. The van der Waals surface area contributed by atoms with Crippen molar-refractivity contribution in [3.63, 3.8) is 0 Å². The topological polar surface area (TPSA) is 90.2 Å². The Balaban J connectivity index is 2.35. The summed E-state index contributed by atoms with van der Waals surface area (Å²) in [7, 11) is -3.49. The number of hydrogen-bond acceptors (Lipinski definition) is 6. The zero-order valence-electron chi connectivity index (χ0n) is 12.4. The minimum absolute atomic E-state index is 0.104. The largest absolute Gasteiger partial charge is 0.269 e. The fourth-order valence-electron chi connectivity index (χ4n) is 2.14. The van der Waals surface area contributed by atoms with Crippen molar-refractivity contribution in [2.45, 2.75) is 31.8 Å². The Hall–Kier alpha value is -1.80. The average molecular weight is 340 g/mol. The van der Waals surface area contributed by atoms with Crippen molar-refractivity contribution in [1.29, 1.82) is 0 Å². The summed E-state index contributed by atoms with van der Waals surface area (Å²) in [6, 6.07) is 4.29. The maximum Gasteiger partial charge on any atom is 0.269 e. The highest BCUT2D eigenvalue weighted by atomic mass is 32.2. The molecule has 1 heterocycles. The van der Waals surface area contributed by atoms with E-state index in [2.05, 4.69) is 4.98 Å².